The van der Waals surface area contributed by atoms with Crippen molar-refractivity contribution in [2.75, 3.05) is 13.2 Å². The van der Waals surface area contributed by atoms with Gasteiger partial charge in [0.25, 0.3) is 0 Å². The van der Waals surface area contributed by atoms with Gasteiger partial charge in [0.15, 0.2) is 0 Å². The van der Waals surface area contributed by atoms with Gasteiger partial charge in [-0.25, -0.2) is 0 Å². The van der Waals surface area contributed by atoms with Gasteiger partial charge in [0, 0.05) is 42.8 Å². The molecule has 0 saturated carbocycles. The fourth-order valence-corrected chi connectivity index (χ4v) is 0.842. The number of hydrogen-bond donors (Lipinski definition) is 0. The highest BCUT2D eigenvalue weighted by Crippen LogP contribution is 1.96. The van der Waals surface area contributed by atoms with Crippen molar-refractivity contribution in [3.05, 3.63) is 0 Å². The molecular formula is C10H22B4O2. The largest absolute Gasteiger partial charge is 0.379 e. The minimum Gasteiger partial charge on any atom is -0.379 e. The van der Waals surface area contributed by atoms with Crippen LogP contribution in [0.4, 0.5) is 0 Å². The molecule has 0 bridgehead atoms. The van der Waals surface area contributed by atoms with Gasteiger partial charge in [-0.05, 0) is 40.5 Å². The third-order valence-electron chi connectivity index (χ3n) is 1.44. The van der Waals surface area contributed by atoms with Gasteiger partial charge in [-0.15, -0.1) is 0 Å². The van der Waals surface area contributed by atoms with E-state index < -0.39 is 6.39 Å². The minimum absolute atomic E-state index is 0.357. The summed E-state index contributed by atoms with van der Waals surface area (Å²) in [6.45, 7) is 9.96. The highest BCUT2D eigenvalue weighted by molar-refractivity contribution is 7.49. The second kappa shape index (κ2) is 13.2. The normalized spacial score (nSPS) is 10.1. The Morgan fingerprint density at radius 2 is 1.06 bits per heavy atom. The van der Waals surface area contributed by atoms with Crippen LogP contribution in [0, 0.1) is 0 Å². The van der Waals surface area contributed by atoms with Crippen LogP contribution >= 0.6 is 0 Å². The zero-order valence-electron chi connectivity index (χ0n) is 11.1. The molecule has 0 aliphatic heterocycles. The van der Waals surface area contributed by atoms with E-state index in [1.54, 1.807) is 0 Å². The van der Waals surface area contributed by atoms with Crippen molar-refractivity contribution in [3.63, 3.8) is 0 Å². The summed E-state index contributed by atoms with van der Waals surface area (Å²) in [6.07, 6.45) is 2.25. The van der Waals surface area contributed by atoms with Gasteiger partial charge < -0.3 is 9.47 Å². The number of hydrogen-bond acceptors (Lipinski definition) is 2. The summed E-state index contributed by atoms with van der Waals surface area (Å²) in [6, 6.07) is 0. The molecule has 2 nitrogen and oxygen atoms in total. The minimum atomic E-state index is -0.667. The predicted molar refractivity (Wildman–Crippen MR) is 74.4 cm³/mol. The maximum atomic E-state index is 5.39. The first kappa shape index (κ1) is 18.5. The summed E-state index contributed by atoms with van der Waals surface area (Å²) in [5.41, 5.74) is 0. The van der Waals surface area contributed by atoms with Crippen molar-refractivity contribution < 1.29 is 9.47 Å². The quantitative estimate of drug-likeness (QED) is 0.470. The molecule has 6 heteroatoms. The summed E-state index contributed by atoms with van der Waals surface area (Å²) < 4.78 is 10.8. The molecule has 0 unspecified atom stereocenters. The first-order chi connectivity index (χ1) is 7.36. The van der Waals surface area contributed by atoms with Gasteiger partial charge in [-0.1, -0.05) is 0 Å². The van der Waals surface area contributed by atoms with E-state index in [2.05, 4.69) is 50.9 Å². The van der Waals surface area contributed by atoms with Crippen LogP contribution in [0.1, 0.15) is 40.5 Å². The highest BCUT2D eigenvalue weighted by atomic mass is 16.5. The molecule has 0 heterocycles. The Balaban J connectivity index is 0. The van der Waals surface area contributed by atoms with Crippen molar-refractivity contribution in [2.24, 2.45) is 0 Å². The monoisotopic (exact) mass is 218 g/mol. The number of rotatable bonds is 7. The van der Waals surface area contributed by atoms with Crippen molar-refractivity contribution in [1.82, 2.24) is 0 Å². The smallest absolute Gasteiger partial charge is 0.0518 e. The zero-order valence-corrected chi connectivity index (χ0v) is 11.1. The fraction of sp³-hybridized carbons (Fsp3) is 1.00. The maximum absolute atomic E-state index is 5.39. The van der Waals surface area contributed by atoms with E-state index >= 15 is 0 Å². The lowest BCUT2D eigenvalue weighted by Gasteiger charge is -2.08. The third kappa shape index (κ3) is 29.2. The van der Waals surface area contributed by atoms with Crippen molar-refractivity contribution in [1.29, 1.82) is 0 Å². The lowest BCUT2D eigenvalue weighted by molar-refractivity contribution is 0.0522. The van der Waals surface area contributed by atoms with Crippen molar-refractivity contribution in [3.8, 4) is 0 Å². The van der Waals surface area contributed by atoms with Crippen LogP contribution < -0.4 is 0 Å². The molecule has 6 radical (unpaired) electrons. The van der Waals surface area contributed by atoms with E-state index in [-0.39, 0.29) is 0 Å². The van der Waals surface area contributed by atoms with Gasteiger partial charge in [0.05, 0.1) is 12.2 Å². The van der Waals surface area contributed by atoms with Crippen LogP contribution in [0.25, 0.3) is 0 Å². The predicted octanol–water partition coefficient (Wildman–Crippen LogP) is 1.09. The van der Waals surface area contributed by atoms with E-state index in [1.807, 2.05) is 0 Å². The number of unbranched alkanes of at least 4 members (excludes halogenated alkanes) is 1. The van der Waals surface area contributed by atoms with Gasteiger partial charge in [-0.2, -0.15) is 0 Å². The van der Waals surface area contributed by atoms with E-state index in [1.165, 1.54) is 0 Å². The molecule has 0 spiro atoms. The second-order valence-electron chi connectivity index (χ2n) is 4.12. The lowest BCUT2D eigenvalue weighted by Crippen LogP contribution is -2.11. The standard InChI is InChI=1S/C10H22O2.B4/c1-9(2)11-7-5-6-8-12-10(3)4;1-4(2)3/h9-10H,5-8H2,1-4H3;. The van der Waals surface area contributed by atoms with Crippen LogP contribution in [0.15, 0.2) is 0 Å². The highest BCUT2D eigenvalue weighted by Gasteiger charge is 1.95. The molecule has 0 atom stereocenters. The topological polar surface area (TPSA) is 18.5 Å². The molecule has 0 aliphatic carbocycles. The Bertz CT molecular complexity index is 117. The first-order valence-corrected chi connectivity index (χ1v) is 5.86. The Morgan fingerprint density at radius 3 is 1.25 bits per heavy atom. The van der Waals surface area contributed by atoms with Crippen molar-refractivity contribution >= 4 is 29.6 Å². The molecule has 0 aliphatic rings. The summed E-state index contributed by atoms with van der Waals surface area (Å²) >= 11 is 0. The summed E-state index contributed by atoms with van der Waals surface area (Å²) in [7, 11) is 14.0. The average molecular weight is 218 g/mol. The molecule has 0 aromatic heterocycles. The second-order valence-corrected chi connectivity index (χ2v) is 4.12. The van der Waals surface area contributed by atoms with Crippen LogP contribution in [0.5, 0.6) is 0 Å². The Labute approximate surface area is 105 Å². The van der Waals surface area contributed by atoms with E-state index in [4.69, 9.17) is 9.47 Å². The molecule has 0 amide bonds. The van der Waals surface area contributed by atoms with Gasteiger partial charge in [0.2, 0.25) is 0 Å². The molecular weight excluding hydrogens is 195 g/mol. The summed E-state index contributed by atoms with van der Waals surface area (Å²) in [5.74, 6) is 0. The molecule has 0 rings (SSSR count). The van der Waals surface area contributed by atoms with Gasteiger partial charge >= 0.3 is 0 Å². The lowest BCUT2D eigenvalue weighted by atomic mass is 9.08. The molecule has 0 aromatic carbocycles. The Hall–Kier alpha value is 0.180. The summed E-state index contributed by atoms with van der Waals surface area (Å²) in [5, 5.41) is 0. The summed E-state index contributed by atoms with van der Waals surface area (Å²) in [4.78, 5) is 0. The Morgan fingerprint density at radius 1 is 0.812 bits per heavy atom. The average Bonchev–Trinajstić information content (AvgIpc) is 2.09. The molecule has 0 fully saturated rings. The van der Waals surface area contributed by atoms with Crippen LogP contribution in [0.3, 0.4) is 0 Å². The van der Waals surface area contributed by atoms with Crippen LogP contribution in [-0.4, -0.2) is 55.0 Å². The molecule has 0 aromatic rings. The third-order valence-corrected chi connectivity index (χ3v) is 1.44. The van der Waals surface area contributed by atoms with Crippen LogP contribution in [0.2, 0.25) is 0 Å². The van der Waals surface area contributed by atoms with E-state index in [0.29, 0.717) is 12.2 Å². The number of ether oxygens (including phenoxy) is 2. The molecule has 86 valence electrons. The van der Waals surface area contributed by atoms with Crippen LogP contribution in [-0.2, 0) is 9.47 Å². The van der Waals surface area contributed by atoms with Crippen molar-refractivity contribution in [2.45, 2.75) is 52.7 Å². The first-order valence-electron chi connectivity index (χ1n) is 5.86. The molecule has 16 heavy (non-hydrogen) atoms. The molecule has 0 N–H and O–H groups in total. The zero-order chi connectivity index (χ0) is 13.0. The fourth-order valence-electron chi connectivity index (χ4n) is 0.842. The SMILES string of the molecule is CC(C)OCCCCOC(C)C.[B]B([B])[B]. The van der Waals surface area contributed by atoms with Gasteiger partial charge in [0.1, 0.15) is 0 Å². The maximum Gasteiger partial charge on any atom is 0.0518 e. The van der Waals surface area contributed by atoms with E-state index in [0.717, 1.165) is 26.1 Å². The Kier molecular flexibility index (Phi) is 15.4. The molecule has 0 saturated heterocycles. The van der Waals surface area contributed by atoms with E-state index in [9.17, 15) is 0 Å². The van der Waals surface area contributed by atoms with Gasteiger partial charge in [-0.3, -0.25) is 0 Å².